The highest BCUT2D eigenvalue weighted by Crippen LogP contribution is 2.23. The normalized spacial score (nSPS) is 10.3. The number of hydrogen-bond acceptors (Lipinski definition) is 1. The van der Waals surface area contributed by atoms with Crippen LogP contribution in [0.25, 0.3) is 10.9 Å². The van der Waals surface area contributed by atoms with Crippen LogP contribution in [0, 0.1) is 12.3 Å². The first-order chi connectivity index (χ1) is 9.36. The van der Waals surface area contributed by atoms with Crippen molar-refractivity contribution < 1.29 is 4.74 Å². The van der Waals surface area contributed by atoms with E-state index in [1.54, 1.807) is 0 Å². The molecule has 0 fully saturated rings. The van der Waals surface area contributed by atoms with Gasteiger partial charge in [0.15, 0.2) is 0 Å². The van der Waals surface area contributed by atoms with Crippen LogP contribution >= 0.6 is 0 Å². The van der Waals surface area contributed by atoms with Gasteiger partial charge < -0.3 is 9.72 Å². The van der Waals surface area contributed by atoms with Crippen LogP contribution in [0.3, 0.4) is 0 Å². The molecule has 0 aliphatic carbocycles. The predicted octanol–water partition coefficient (Wildman–Crippen LogP) is 3.73. The van der Waals surface area contributed by atoms with E-state index < -0.39 is 0 Å². The van der Waals surface area contributed by atoms with Gasteiger partial charge in [-0.25, -0.2) is 0 Å². The molecule has 0 amide bonds. The Morgan fingerprint density at radius 2 is 1.95 bits per heavy atom. The molecule has 3 aromatic rings. The average Bonchev–Trinajstić information content (AvgIpc) is 2.88. The summed E-state index contributed by atoms with van der Waals surface area (Å²) in [5.74, 6) is 3.49. The minimum atomic E-state index is 0.558. The number of fused-ring (bicyclic) bond motifs is 1. The van der Waals surface area contributed by atoms with Gasteiger partial charge >= 0.3 is 0 Å². The summed E-state index contributed by atoms with van der Waals surface area (Å²) in [4.78, 5) is 3.14. The third-order valence-corrected chi connectivity index (χ3v) is 3.06. The third kappa shape index (κ3) is 2.31. The zero-order chi connectivity index (χ0) is 13.1. The van der Waals surface area contributed by atoms with E-state index in [1.165, 1.54) is 0 Å². The quantitative estimate of drug-likeness (QED) is 0.701. The maximum Gasteiger partial charge on any atom is 0.120 e. The summed E-state index contributed by atoms with van der Waals surface area (Å²) in [6.07, 6.45) is 7.30. The maximum absolute atomic E-state index is 5.79. The lowest BCUT2D eigenvalue weighted by Crippen LogP contribution is -1.94. The summed E-state index contributed by atoms with van der Waals surface area (Å²) in [6.45, 7) is 0.558. The molecule has 1 N–H and O–H groups in total. The Bertz CT molecular complexity index is 735. The van der Waals surface area contributed by atoms with Crippen molar-refractivity contribution in [1.29, 1.82) is 0 Å². The molecule has 0 bridgehead atoms. The molecule has 0 spiro atoms. The van der Waals surface area contributed by atoms with E-state index >= 15 is 0 Å². The number of ether oxygens (including phenoxy) is 1. The Balaban J connectivity index is 1.84. The van der Waals surface area contributed by atoms with Crippen molar-refractivity contribution in [2.75, 3.05) is 0 Å². The summed E-state index contributed by atoms with van der Waals surface area (Å²) in [5, 5.41) is 1.02. The van der Waals surface area contributed by atoms with Gasteiger partial charge in [-0.15, -0.1) is 6.42 Å². The van der Waals surface area contributed by atoms with Crippen LogP contribution in [-0.2, 0) is 6.61 Å². The smallest absolute Gasteiger partial charge is 0.120 e. The van der Waals surface area contributed by atoms with E-state index in [0.717, 1.165) is 27.8 Å². The number of rotatable bonds is 3. The second-order valence-electron chi connectivity index (χ2n) is 4.33. The molecule has 19 heavy (non-hydrogen) atoms. The monoisotopic (exact) mass is 247 g/mol. The van der Waals surface area contributed by atoms with Gasteiger partial charge in [0.2, 0.25) is 0 Å². The molecule has 1 heterocycles. The first-order valence-corrected chi connectivity index (χ1v) is 6.11. The van der Waals surface area contributed by atoms with Gasteiger partial charge in [0.25, 0.3) is 0 Å². The van der Waals surface area contributed by atoms with E-state index in [0.29, 0.717) is 6.61 Å². The minimum absolute atomic E-state index is 0.558. The molecule has 2 heteroatoms. The van der Waals surface area contributed by atoms with Crippen molar-refractivity contribution in [2.24, 2.45) is 0 Å². The van der Waals surface area contributed by atoms with E-state index in [4.69, 9.17) is 11.2 Å². The molecule has 0 aliphatic rings. The van der Waals surface area contributed by atoms with Gasteiger partial charge in [0.05, 0.1) is 0 Å². The second-order valence-corrected chi connectivity index (χ2v) is 4.33. The number of nitrogens with one attached hydrogen (secondary N) is 1. The number of benzene rings is 2. The summed E-state index contributed by atoms with van der Waals surface area (Å²) in [5.41, 5.74) is 3.04. The molecule has 0 radical (unpaired) electrons. The Kier molecular flexibility index (Phi) is 2.96. The highest BCUT2D eigenvalue weighted by atomic mass is 16.5. The van der Waals surface area contributed by atoms with Crippen LogP contribution < -0.4 is 4.74 Å². The molecule has 2 nitrogen and oxygen atoms in total. The first-order valence-electron chi connectivity index (χ1n) is 6.11. The molecule has 1 aromatic heterocycles. The van der Waals surface area contributed by atoms with Gasteiger partial charge in [0, 0.05) is 22.7 Å². The lowest BCUT2D eigenvalue weighted by atomic mass is 10.2. The van der Waals surface area contributed by atoms with Crippen LogP contribution in [0.1, 0.15) is 11.1 Å². The fraction of sp³-hybridized carbons (Fsp3) is 0.0588. The van der Waals surface area contributed by atoms with Gasteiger partial charge in [-0.1, -0.05) is 36.3 Å². The summed E-state index contributed by atoms with van der Waals surface area (Å²) in [6, 6.07) is 16.0. The molecule has 0 saturated carbocycles. The number of terminal acetylenes is 1. The number of hydrogen-bond donors (Lipinski definition) is 1. The third-order valence-electron chi connectivity index (χ3n) is 3.06. The van der Waals surface area contributed by atoms with E-state index in [2.05, 4.69) is 10.9 Å². The Labute approximate surface area is 112 Å². The van der Waals surface area contributed by atoms with Crippen molar-refractivity contribution in [3.63, 3.8) is 0 Å². The van der Waals surface area contributed by atoms with Crippen molar-refractivity contribution >= 4 is 10.9 Å². The lowest BCUT2D eigenvalue weighted by molar-refractivity contribution is 0.306. The Morgan fingerprint density at radius 1 is 1.11 bits per heavy atom. The van der Waals surface area contributed by atoms with E-state index in [1.807, 2.05) is 54.7 Å². The first kappa shape index (κ1) is 11.4. The zero-order valence-corrected chi connectivity index (χ0v) is 10.4. The topological polar surface area (TPSA) is 25.0 Å². The van der Waals surface area contributed by atoms with Gasteiger partial charge in [0.1, 0.15) is 12.4 Å². The van der Waals surface area contributed by atoms with Crippen LogP contribution in [0.4, 0.5) is 0 Å². The summed E-state index contributed by atoms with van der Waals surface area (Å²) < 4.78 is 5.79. The van der Waals surface area contributed by atoms with Crippen LogP contribution in [0.15, 0.2) is 54.7 Å². The van der Waals surface area contributed by atoms with Crippen LogP contribution in [0.2, 0.25) is 0 Å². The molecule has 0 aliphatic heterocycles. The number of aromatic nitrogens is 1. The average molecular weight is 247 g/mol. The van der Waals surface area contributed by atoms with Crippen LogP contribution in [-0.4, -0.2) is 4.98 Å². The lowest BCUT2D eigenvalue weighted by Gasteiger charge is -2.06. The highest BCUT2D eigenvalue weighted by molar-refractivity contribution is 5.87. The van der Waals surface area contributed by atoms with Crippen molar-refractivity contribution in [3.05, 3.63) is 65.9 Å². The molecule has 3 rings (SSSR count). The van der Waals surface area contributed by atoms with Crippen molar-refractivity contribution in [1.82, 2.24) is 4.98 Å². The zero-order valence-electron chi connectivity index (χ0n) is 10.4. The van der Waals surface area contributed by atoms with Crippen molar-refractivity contribution in [3.8, 4) is 18.1 Å². The Hall–Kier alpha value is -2.66. The van der Waals surface area contributed by atoms with Crippen molar-refractivity contribution in [2.45, 2.75) is 6.61 Å². The molecule has 92 valence electrons. The second kappa shape index (κ2) is 4.91. The van der Waals surface area contributed by atoms with E-state index in [-0.39, 0.29) is 0 Å². The number of aromatic amines is 1. The van der Waals surface area contributed by atoms with E-state index in [9.17, 15) is 0 Å². The fourth-order valence-electron chi connectivity index (χ4n) is 2.05. The Morgan fingerprint density at radius 3 is 2.74 bits per heavy atom. The SMILES string of the molecule is C#Cc1c[nH]c2ccc(OCc3ccccc3)cc12. The summed E-state index contributed by atoms with van der Waals surface area (Å²) >= 11 is 0. The molecule has 2 aromatic carbocycles. The number of H-pyrrole nitrogens is 1. The predicted molar refractivity (Wildman–Crippen MR) is 77.0 cm³/mol. The summed E-state index contributed by atoms with van der Waals surface area (Å²) in [7, 11) is 0. The van der Waals surface area contributed by atoms with Gasteiger partial charge in [-0.05, 0) is 23.8 Å². The van der Waals surface area contributed by atoms with Gasteiger partial charge in [-0.3, -0.25) is 0 Å². The molecule has 0 unspecified atom stereocenters. The maximum atomic E-state index is 5.79. The largest absolute Gasteiger partial charge is 0.489 e. The fourth-order valence-corrected chi connectivity index (χ4v) is 2.05. The standard InChI is InChI=1S/C17H13NO/c1-2-14-11-18-17-9-8-15(10-16(14)17)19-12-13-6-4-3-5-7-13/h1,3-11,18H,12H2. The van der Waals surface area contributed by atoms with Gasteiger partial charge in [-0.2, -0.15) is 0 Å². The molecular weight excluding hydrogens is 234 g/mol. The van der Waals surface area contributed by atoms with Crippen LogP contribution in [0.5, 0.6) is 5.75 Å². The molecular formula is C17H13NO. The molecule has 0 atom stereocenters. The highest BCUT2D eigenvalue weighted by Gasteiger charge is 2.03. The molecule has 0 saturated heterocycles. The minimum Gasteiger partial charge on any atom is -0.489 e.